The van der Waals surface area contributed by atoms with Gasteiger partial charge in [-0.25, -0.2) is 9.78 Å². The number of aromatic nitrogens is 2. The van der Waals surface area contributed by atoms with Crippen molar-refractivity contribution in [3.05, 3.63) is 106 Å². The maximum atomic E-state index is 13.0. The van der Waals surface area contributed by atoms with E-state index in [2.05, 4.69) is 21.8 Å². The zero-order valence-corrected chi connectivity index (χ0v) is 17.1. The van der Waals surface area contributed by atoms with Crippen LogP contribution in [-0.4, -0.2) is 26.8 Å². The number of ketones is 1. The molecule has 1 N–H and O–H groups in total. The van der Waals surface area contributed by atoms with Gasteiger partial charge >= 0.3 is 5.97 Å². The number of carboxylic acids is 1. The van der Waals surface area contributed by atoms with Crippen molar-refractivity contribution in [2.75, 3.05) is 0 Å². The number of aromatic carboxylic acids is 1. The maximum Gasteiger partial charge on any atom is 0.355 e. The Labute approximate surface area is 183 Å². The van der Waals surface area contributed by atoms with Gasteiger partial charge in [0.15, 0.2) is 11.5 Å². The van der Waals surface area contributed by atoms with Gasteiger partial charge in [0.2, 0.25) is 0 Å². The van der Waals surface area contributed by atoms with Crippen molar-refractivity contribution in [2.24, 2.45) is 0 Å². The molecule has 0 aliphatic heterocycles. The first-order chi connectivity index (χ1) is 14.9. The van der Waals surface area contributed by atoms with Crippen molar-refractivity contribution in [3.63, 3.8) is 0 Å². The highest BCUT2D eigenvalue weighted by atomic mass is 35.5. The van der Waals surface area contributed by atoms with Crippen LogP contribution in [0.4, 0.5) is 0 Å². The highest BCUT2D eigenvalue weighted by molar-refractivity contribution is 6.35. The lowest BCUT2D eigenvalue weighted by atomic mass is 9.97. The molecule has 6 heteroatoms. The summed E-state index contributed by atoms with van der Waals surface area (Å²) in [6.07, 6.45) is 1.64. The number of carbonyl (C=O) groups excluding carboxylic acids is 1. The second-order valence-electron chi connectivity index (χ2n) is 6.83. The number of fused-ring (bicyclic) bond motifs is 1. The third-order valence-electron chi connectivity index (χ3n) is 4.72. The molecule has 150 valence electrons. The average molecular weight is 427 g/mol. The highest BCUT2D eigenvalue weighted by Gasteiger charge is 2.23. The number of carboxylic acid groups (broad SMARTS) is 1. The van der Waals surface area contributed by atoms with Crippen LogP contribution in [-0.2, 0) is 0 Å². The highest BCUT2D eigenvalue weighted by Crippen LogP contribution is 2.24. The zero-order chi connectivity index (χ0) is 22.0. The van der Waals surface area contributed by atoms with Gasteiger partial charge in [-0.05, 0) is 48.7 Å². The van der Waals surface area contributed by atoms with Gasteiger partial charge in [-0.3, -0.25) is 9.78 Å². The second kappa shape index (κ2) is 8.39. The van der Waals surface area contributed by atoms with Crippen LogP contribution in [0, 0.1) is 18.8 Å². The predicted molar refractivity (Wildman–Crippen MR) is 119 cm³/mol. The molecule has 2 aromatic heterocycles. The lowest BCUT2D eigenvalue weighted by Crippen LogP contribution is -2.14. The predicted octanol–water partition coefficient (Wildman–Crippen LogP) is 4.92. The minimum absolute atomic E-state index is 0.0402. The van der Waals surface area contributed by atoms with Crippen LogP contribution in [0.5, 0.6) is 0 Å². The molecule has 0 saturated carbocycles. The first-order valence-electron chi connectivity index (χ1n) is 9.35. The van der Waals surface area contributed by atoms with E-state index in [4.69, 9.17) is 11.6 Å². The van der Waals surface area contributed by atoms with Gasteiger partial charge in [-0.15, -0.1) is 0 Å². The number of hydrogen-bond acceptors (Lipinski definition) is 4. The number of aryl methyl sites for hydroxylation is 1. The summed E-state index contributed by atoms with van der Waals surface area (Å²) in [4.78, 5) is 33.2. The molecule has 0 unspecified atom stereocenters. The number of para-hydroxylation sites is 1. The van der Waals surface area contributed by atoms with Gasteiger partial charge in [-0.2, -0.15) is 0 Å². The number of benzene rings is 2. The summed E-state index contributed by atoms with van der Waals surface area (Å²) < 4.78 is 0. The molecule has 4 aromatic rings. The lowest BCUT2D eigenvalue weighted by Gasteiger charge is -2.09. The second-order valence-corrected chi connectivity index (χ2v) is 7.23. The molecule has 0 aliphatic carbocycles. The van der Waals surface area contributed by atoms with Crippen LogP contribution in [0.2, 0.25) is 5.02 Å². The Morgan fingerprint density at radius 2 is 1.81 bits per heavy atom. The fourth-order valence-corrected chi connectivity index (χ4v) is 3.51. The van der Waals surface area contributed by atoms with Crippen molar-refractivity contribution in [3.8, 4) is 11.8 Å². The van der Waals surface area contributed by atoms with Gasteiger partial charge in [0, 0.05) is 22.7 Å². The minimum Gasteiger partial charge on any atom is -0.476 e. The molecule has 0 saturated heterocycles. The fraction of sp³-hybridized carbons (Fsp3) is 0.0400. The molecule has 0 fully saturated rings. The van der Waals surface area contributed by atoms with Crippen molar-refractivity contribution >= 4 is 34.3 Å². The third kappa shape index (κ3) is 4.16. The van der Waals surface area contributed by atoms with Crippen molar-refractivity contribution in [1.29, 1.82) is 0 Å². The summed E-state index contributed by atoms with van der Waals surface area (Å²) in [7, 11) is 0. The molecule has 0 aliphatic rings. The van der Waals surface area contributed by atoms with Crippen LogP contribution in [0.1, 0.15) is 43.2 Å². The van der Waals surface area contributed by atoms with Crippen molar-refractivity contribution < 1.29 is 14.7 Å². The molecule has 31 heavy (non-hydrogen) atoms. The van der Waals surface area contributed by atoms with Gasteiger partial charge in [0.1, 0.15) is 5.69 Å². The standard InChI is InChI=1S/C25H15ClN2O3/c1-15-5-4-7-20(26)22(15)24(29)19-12-11-18(28-23(19)25(30)31)10-9-16-13-17-6-2-3-8-21(17)27-14-16/h2-8,11-14H,1H3,(H,30,31). The topological polar surface area (TPSA) is 80.2 Å². The van der Waals surface area contributed by atoms with E-state index in [0.29, 0.717) is 11.1 Å². The van der Waals surface area contributed by atoms with E-state index >= 15 is 0 Å². The van der Waals surface area contributed by atoms with Gasteiger partial charge < -0.3 is 5.11 Å². The van der Waals surface area contributed by atoms with Crippen LogP contribution < -0.4 is 0 Å². The summed E-state index contributed by atoms with van der Waals surface area (Å²) in [6.45, 7) is 1.74. The maximum absolute atomic E-state index is 13.0. The van der Waals surface area contributed by atoms with E-state index in [0.717, 1.165) is 10.9 Å². The number of carbonyl (C=O) groups is 2. The van der Waals surface area contributed by atoms with Gasteiger partial charge in [0.25, 0.3) is 0 Å². The number of hydrogen-bond donors (Lipinski definition) is 1. The molecule has 2 aromatic carbocycles. The summed E-state index contributed by atoms with van der Waals surface area (Å²) in [5, 5.41) is 10.8. The number of halogens is 1. The molecule has 0 amide bonds. The SMILES string of the molecule is Cc1cccc(Cl)c1C(=O)c1ccc(C#Cc2cnc3ccccc3c2)nc1C(=O)O. The van der Waals surface area contributed by atoms with Crippen LogP contribution in [0.25, 0.3) is 10.9 Å². The van der Waals surface area contributed by atoms with E-state index in [-0.39, 0.29) is 27.5 Å². The first kappa shape index (κ1) is 20.3. The summed E-state index contributed by atoms with van der Waals surface area (Å²) in [6, 6.07) is 17.6. The minimum atomic E-state index is -1.32. The molecule has 5 nitrogen and oxygen atoms in total. The molecule has 0 atom stereocenters. The van der Waals surface area contributed by atoms with Gasteiger partial charge in [0.05, 0.1) is 16.1 Å². The van der Waals surface area contributed by atoms with E-state index < -0.39 is 11.8 Å². The van der Waals surface area contributed by atoms with Crippen LogP contribution >= 0.6 is 11.6 Å². The average Bonchev–Trinajstić information content (AvgIpc) is 2.77. The Balaban J connectivity index is 1.72. The van der Waals surface area contributed by atoms with E-state index in [9.17, 15) is 14.7 Å². The smallest absolute Gasteiger partial charge is 0.355 e. The van der Waals surface area contributed by atoms with Crippen LogP contribution in [0.15, 0.2) is 66.9 Å². The van der Waals surface area contributed by atoms with Crippen LogP contribution in [0.3, 0.4) is 0 Å². The van der Waals surface area contributed by atoms with E-state index in [1.807, 2.05) is 30.3 Å². The molecule has 4 rings (SSSR count). The molecule has 0 bridgehead atoms. The number of rotatable bonds is 3. The van der Waals surface area contributed by atoms with E-state index in [1.54, 1.807) is 31.3 Å². The van der Waals surface area contributed by atoms with E-state index in [1.165, 1.54) is 12.1 Å². The number of nitrogens with zero attached hydrogens (tertiary/aromatic N) is 2. The van der Waals surface area contributed by atoms with Gasteiger partial charge in [-0.1, -0.05) is 47.9 Å². The quantitative estimate of drug-likeness (QED) is 0.371. The monoisotopic (exact) mass is 426 g/mol. The zero-order valence-electron chi connectivity index (χ0n) is 16.4. The molecular formula is C25H15ClN2O3. The van der Waals surface area contributed by atoms with Crippen molar-refractivity contribution in [1.82, 2.24) is 9.97 Å². The Hall–Kier alpha value is -4.01. The largest absolute Gasteiger partial charge is 0.476 e. The summed E-state index contributed by atoms with van der Waals surface area (Å²) in [5.41, 5.74) is 2.27. The Morgan fingerprint density at radius 3 is 2.58 bits per heavy atom. The molecule has 0 spiro atoms. The first-order valence-corrected chi connectivity index (χ1v) is 9.73. The number of pyridine rings is 2. The molecular weight excluding hydrogens is 412 g/mol. The third-order valence-corrected chi connectivity index (χ3v) is 5.03. The Bertz CT molecular complexity index is 1400. The fourth-order valence-electron chi connectivity index (χ4n) is 3.20. The normalized spacial score (nSPS) is 10.4. The molecule has 2 heterocycles. The Morgan fingerprint density at radius 1 is 1.00 bits per heavy atom. The molecule has 0 radical (unpaired) electrons. The Kier molecular flexibility index (Phi) is 5.48. The summed E-state index contributed by atoms with van der Waals surface area (Å²) >= 11 is 6.18. The summed E-state index contributed by atoms with van der Waals surface area (Å²) in [5.74, 6) is 3.98. The lowest BCUT2D eigenvalue weighted by molar-refractivity contribution is 0.0686. The van der Waals surface area contributed by atoms with Crippen molar-refractivity contribution in [2.45, 2.75) is 6.92 Å².